The molecule has 1 amide bonds. The molecular formula is C19H22N4O2S. The van der Waals surface area contributed by atoms with Gasteiger partial charge in [0.15, 0.2) is 11.0 Å². The Morgan fingerprint density at radius 3 is 2.73 bits per heavy atom. The number of rotatable bonds is 7. The average Bonchev–Trinajstić information content (AvgIpc) is 3.25. The van der Waals surface area contributed by atoms with Crippen molar-refractivity contribution in [1.29, 1.82) is 0 Å². The lowest BCUT2D eigenvalue weighted by molar-refractivity contribution is -0.113. The van der Waals surface area contributed by atoms with Crippen LogP contribution in [0.4, 0.5) is 5.69 Å². The van der Waals surface area contributed by atoms with Gasteiger partial charge in [-0.1, -0.05) is 36.9 Å². The van der Waals surface area contributed by atoms with Crippen LogP contribution >= 0.6 is 11.8 Å². The Morgan fingerprint density at radius 1 is 1.23 bits per heavy atom. The Labute approximate surface area is 157 Å². The van der Waals surface area contributed by atoms with Gasteiger partial charge in [-0.15, -0.1) is 10.2 Å². The van der Waals surface area contributed by atoms with Crippen LogP contribution in [-0.2, 0) is 17.8 Å². The van der Waals surface area contributed by atoms with Crippen LogP contribution < -0.4 is 5.32 Å². The van der Waals surface area contributed by atoms with Crippen molar-refractivity contribution in [3.63, 3.8) is 0 Å². The SMILES string of the molecule is CCc1ccccc1NC(=O)CSc1nnc(-c2ccoc2C)n1CC. The molecule has 0 unspecified atom stereocenters. The minimum atomic E-state index is -0.0532. The molecule has 0 radical (unpaired) electrons. The van der Waals surface area contributed by atoms with Crippen molar-refractivity contribution in [2.45, 2.75) is 38.9 Å². The second-order valence-corrected chi connectivity index (χ2v) is 6.73. The number of furan rings is 1. The maximum absolute atomic E-state index is 12.3. The van der Waals surface area contributed by atoms with Crippen molar-refractivity contribution < 1.29 is 9.21 Å². The van der Waals surface area contributed by atoms with Crippen LogP contribution in [-0.4, -0.2) is 26.4 Å². The largest absolute Gasteiger partial charge is 0.469 e. The van der Waals surface area contributed by atoms with Gasteiger partial charge in [-0.3, -0.25) is 4.79 Å². The summed E-state index contributed by atoms with van der Waals surface area (Å²) >= 11 is 1.38. The number of aromatic nitrogens is 3. The Hall–Kier alpha value is -2.54. The summed E-state index contributed by atoms with van der Waals surface area (Å²) in [4.78, 5) is 12.3. The number of amides is 1. The number of carbonyl (C=O) groups excluding carboxylic acids is 1. The molecule has 3 rings (SSSR count). The maximum Gasteiger partial charge on any atom is 0.234 e. The molecule has 1 aromatic carbocycles. The number of hydrogen-bond donors (Lipinski definition) is 1. The van der Waals surface area contributed by atoms with E-state index in [2.05, 4.69) is 22.4 Å². The van der Waals surface area contributed by atoms with Gasteiger partial charge < -0.3 is 14.3 Å². The van der Waals surface area contributed by atoms with Crippen LogP contribution in [0.5, 0.6) is 0 Å². The van der Waals surface area contributed by atoms with Crippen LogP contribution in [0.3, 0.4) is 0 Å². The normalized spacial score (nSPS) is 10.9. The number of anilines is 1. The van der Waals surface area contributed by atoms with Crippen molar-refractivity contribution in [2.24, 2.45) is 0 Å². The van der Waals surface area contributed by atoms with E-state index < -0.39 is 0 Å². The molecule has 136 valence electrons. The standard InChI is InChI=1S/C19H22N4O2S/c1-4-14-8-6-7-9-16(14)20-17(24)12-26-19-22-21-18(23(19)5-2)15-10-11-25-13(15)3/h6-11H,4-5,12H2,1-3H3,(H,20,24). The molecule has 0 bridgehead atoms. The molecule has 1 N–H and O–H groups in total. The highest BCUT2D eigenvalue weighted by molar-refractivity contribution is 7.99. The van der Waals surface area contributed by atoms with E-state index >= 15 is 0 Å². The number of nitrogens with one attached hydrogen (secondary N) is 1. The third-order valence-corrected chi connectivity index (χ3v) is 5.10. The number of benzene rings is 1. The van der Waals surface area contributed by atoms with E-state index in [0.29, 0.717) is 0 Å². The average molecular weight is 370 g/mol. The van der Waals surface area contributed by atoms with Gasteiger partial charge in [0, 0.05) is 12.2 Å². The molecule has 0 aliphatic heterocycles. The maximum atomic E-state index is 12.3. The fraction of sp³-hybridized carbons (Fsp3) is 0.316. The summed E-state index contributed by atoms with van der Waals surface area (Å²) in [6, 6.07) is 9.74. The minimum absolute atomic E-state index is 0.0532. The third-order valence-electron chi connectivity index (χ3n) is 4.14. The quantitative estimate of drug-likeness (QED) is 0.632. The predicted molar refractivity (Wildman–Crippen MR) is 103 cm³/mol. The molecule has 2 heterocycles. The van der Waals surface area contributed by atoms with Crippen molar-refractivity contribution in [3.05, 3.63) is 47.9 Å². The zero-order valence-electron chi connectivity index (χ0n) is 15.2. The predicted octanol–water partition coefficient (Wildman–Crippen LogP) is 4.16. The minimum Gasteiger partial charge on any atom is -0.469 e. The summed E-state index contributed by atoms with van der Waals surface area (Å²) in [6.07, 6.45) is 2.52. The lowest BCUT2D eigenvalue weighted by Crippen LogP contribution is -2.15. The van der Waals surface area contributed by atoms with Gasteiger partial charge in [0.25, 0.3) is 0 Å². The van der Waals surface area contributed by atoms with Gasteiger partial charge in [0.2, 0.25) is 5.91 Å². The van der Waals surface area contributed by atoms with E-state index in [0.717, 1.165) is 46.5 Å². The van der Waals surface area contributed by atoms with Crippen LogP contribution in [0.2, 0.25) is 0 Å². The number of hydrogen-bond acceptors (Lipinski definition) is 5. The van der Waals surface area contributed by atoms with Gasteiger partial charge in [-0.05, 0) is 38.0 Å². The van der Waals surface area contributed by atoms with E-state index in [1.54, 1.807) is 6.26 Å². The molecule has 0 aliphatic rings. The first-order chi connectivity index (χ1) is 12.6. The Bertz CT molecular complexity index is 901. The second-order valence-electron chi connectivity index (χ2n) is 5.79. The van der Waals surface area contributed by atoms with Crippen molar-refractivity contribution >= 4 is 23.4 Å². The van der Waals surface area contributed by atoms with E-state index in [9.17, 15) is 4.79 Å². The second kappa shape index (κ2) is 8.23. The highest BCUT2D eigenvalue weighted by Gasteiger charge is 2.17. The number of carbonyl (C=O) groups is 1. The first kappa shape index (κ1) is 18.3. The zero-order valence-corrected chi connectivity index (χ0v) is 16.0. The molecule has 0 fully saturated rings. The summed E-state index contributed by atoms with van der Waals surface area (Å²) in [7, 11) is 0. The van der Waals surface area contributed by atoms with Crippen LogP contribution in [0.1, 0.15) is 25.2 Å². The Morgan fingerprint density at radius 2 is 2.04 bits per heavy atom. The van der Waals surface area contributed by atoms with Gasteiger partial charge in [0.1, 0.15) is 5.76 Å². The molecule has 2 aromatic heterocycles. The molecule has 26 heavy (non-hydrogen) atoms. The van der Waals surface area contributed by atoms with Gasteiger partial charge in [0.05, 0.1) is 17.6 Å². The molecular weight excluding hydrogens is 348 g/mol. The van der Waals surface area contributed by atoms with Gasteiger partial charge >= 0.3 is 0 Å². The zero-order chi connectivity index (χ0) is 18.5. The first-order valence-corrected chi connectivity index (χ1v) is 9.60. The van der Waals surface area contributed by atoms with Gasteiger partial charge in [-0.25, -0.2) is 0 Å². The van der Waals surface area contributed by atoms with Crippen LogP contribution in [0.25, 0.3) is 11.4 Å². The summed E-state index contributed by atoms with van der Waals surface area (Å²) < 4.78 is 7.36. The van der Waals surface area contributed by atoms with Gasteiger partial charge in [-0.2, -0.15) is 0 Å². The molecule has 6 nitrogen and oxygen atoms in total. The first-order valence-electron chi connectivity index (χ1n) is 8.62. The summed E-state index contributed by atoms with van der Waals surface area (Å²) in [6.45, 7) is 6.72. The lowest BCUT2D eigenvalue weighted by Gasteiger charge is -2.10. The smallest absolute Gasteiger partial charge is 0.234 e. The number of nitrogens with zero attached hydrogens (tertiary/aromatic N) is 3. The molecule has 0 atom stereocenters. The van der Waals surface area contributed by atoms with E-state index in [4.69, 9.17) is 4.42 Å². The Kier molecular flexibility index (Phi) is 5.78. The van der Waals surface area contributed by atoms with E-state index in [1.807, 2.05) is 48.7 Å². The van der Waals surface area contributed by atoms with Crippen LogP contribution in [0.15, 0.2) is 46.2 Å². The molecule has 3 aromatic rings. The number of para-hydroxylation sites is 1. The Balaban J connectivity index is 1.69. The molecule has 0 spiro atoms. The molecule has 0 saturated heterocycles. The summed E-state index contributed by atoms with van der Waals surface area (Å²) in [5.74, 6) is 1.79. The van der Waals surface area contributed by atoms with E-state index in [-0.39, 0.29) is 11.7 Å². The van der Waals surface area contributed by atoms with Crippen molar-refractivity contribution in [1.82, 2.24) is 14.8 Å². The highest BCUT2D eigenvalue weighted by atomic mass is 32.2. The van der Waals surface area contributed by atoms with Crippen molar-refractivity contribution in [2.75, 3.05) is 11.1 Å². The fourth-order valence-corrected chi connectivity index (χ4v) is 3.57. The molecule has 0 saturated carbocycles. The van der Waals surface area contributed by atoms with Crippen LogP contribution in [0, 0.1) is 6.92 Å². The molecule has 0 aliphatic carbocycles. The molecule has 7 heteroatoms. The topological polar surface area (TPSA) is 73.0 Å². The van der Waals surface area contributed by atoms with Crippen molar-refractivity contribution in [3.8, 4) is 11.4 Å². The number of aryl methyl sites for hydroxylation is 2. The highest BCUT2D eigenvalue weighted by Crippen LogP contribution is 2.27. The fourth-order valence-electron chi connectivity index (χ4n) is 2.76. The third kappa shape index (κ3) is 3.83. The number of thioether (sulfide) groups is 1. The summed E-state index contributed by atoms with van der Waals surface area (Å²) in [5.41, 5.74) is 2.92. The lowest BCUT2D eigenvalue weighted by atomic mass is 10.1. The van der Waals surface area contributed by atoms with E-state index in [1.165, 1.54) is 11.8 Å². The monoisotopic (exact) mass is 370 g/mol. The summed E-state index contributed by atoms with van der Waals surface area (Å²) in [5, 5.41) is 12.2.